The van der Waals surface area contributed by atoms with Crippen molar-refractivity contribution in [3.63, 3.8) is 0 Å². The van der Waals surface area contributed by atoms with Crippen LogP contribution in [-0.4, -0.2) is 58.0 Å². The van der Waals surface area contributed by atoms with Crippen molar-refractivity contribution in [1.29, 1.82) is 0 Å². The number of nitrogens with zero attached hydrogens (tertiary/aromatic N) is 2. The lowest BCUT2D eigenvalue weighted by atomic mass is 10.0. The second kappa shape index (κ2) is 14.4. The smallest absolute Gasteiger partial charge is 0.264 e. The zero-order valence-electron chi connectivity index (χ0n) is 24.7. The summed E-state index contributed by atoms with van der Waals surface area (Å²) in [5, 5.41) is 3.18. The molecular weight excluding hydrogens is 656 g/mol. The van der Waals surface area contributed by atoms with Crippen LogP contribution < -0.4 is 19.1 Å². The summed E-state index contributed by atoms with van der Waals surface area (Å²) in [4.78, 5) is 28.9. The van der Waals surface area contributed by atoms with Crippen LogP contribution in [0.5, 0.6) is 11.5 Å². The first-order valence-corrected chi connectivity index (χ1v) is 16.4. The number of sulfonamides is 1. The Balaban J connectivity index is 1.57. The molecule has 0 radical (unpaired) electrons. The number of carbonyl (C=O) groups excluding carboxylic acids is 2. The number of benzene rings is 4. The van der Waals surface area contributed by atoms with Gasteiger partial charge in [-0.2, -0.15) is 0 Å². The number of ether oxygens (including phenoxy) is 2. The third-order valence-corrected chi connectivity index (χ3v) is 9.86. The number of nitrogens with one attached hydrogen (secondary N) is 1. The Morgan fingerprint density at radius 3 is 2.24 bits per heavy atom. The van der Waals surface area contributed by atoms with Crippen LogP contribution >= 0.6 is 23.2 Å². The van der Waals surface area contributed by atoms with Gasteiger partial charge in [-0.15, -0.1) is 0 Å². The molecule has 5 rings (SSSR count). The van der Waals surface area contributed by atoms with Gasteiger partial charge in [-0.1, -0.05) is 59.6 Å². The maximum atomic E-state index is 14.4. The number of fused-ring (bicyclic) bond motifs is 1. The summed E-state index contributed by atoms with van der Waals surface area (Å²) in [5.74, 6) is -1.12. The minimum Gasteiger partial charge on any atom is -0.486 e. The van der Waals surface area contributed by atoms with Crippen molar-refractivity contribution in [2.45, 2.75) is 23.9 Å². The second-order valence-corrected chi connectivity index (χ2v) is 13.1. The predicted octanol–water partition coefficient (Wildman–Crippen LogP) is 5.49. The normalized spacial score (nSPS) is 13.0. The van der Waals surface area contributed by atoms with Gasteiger partial charge >= 0.3 is 0 Å². The van der Waals surface area contributed by atoms with Crippen molar-refractivity contribution in [1.82, 2.24) is 10.2 Å². The molecule has 13 heteroatoms. The van der Waals surface area contributed by atoms with Crippen LogP contribution in [0.15, 0.2) is 95.9 Å². The van der Waals surface area contributed by atoms with E-state index in [0.717, 1.165) is 22.0 Å². The third-order valence-electron chi connectivity index (χ3n) is 7.35. The molecule has 0 saturated heterocycles. The van der Waals surface area contributed by atoms with Crippen molar-refractivity contribution in [2.75, 3.05) is 31.1 Å². The van der Waals surface area contributed by atoms with Crippen molar-refractivity contribution in [3.05, 3.63) is 118 Å². The van der Waals surface area contributed by atoms with E-state index in [1.54, 1.807) is 18.2 Å². The molecule has 4 aromatic rings. The highest BCUT2D eigenvalue weighted by molar-refractivity contribution is 7.92. The summed E-state index contributed by atoms with van der Waals surface area (Å²) in [6, 6.07) is 21.8. The van der Waals surface area contributed by atoms with Crippen molar-refractivity contribution < 1.29 is 31.9 Å². The number of hydrogen-bond acceptors (Lipinski definition) is 6. The van der Waals surface area contributed by atoms with Crippen molar-refractivity contribution >= 4 is 50.7 Å². The first kappa shape index (κ1) is 33.1. The number of carbonyl (C=O) groups is 2. The predicted molar refractivity (Wildman–Crippen MR) is 173 cm³/mol. The Morgan fingerprint density at radius 1 is 0.870 bits per heavy atom. The second-order valence-electron chi connectivity index (χ2n) is 10.4. The molecule has 1 aliphatic rings. The molecule has 0 bridgehead atoms. The van der Waals surface area contributed by atoms with E-state index in [4.69, 9.17) is 32.7 Å². The Labute approximate surface area is 276 Å². The topological polar surface area (TPSA) is 105 Å². The first-order chi connectivity index (χ1) is 22.1. The number of amides is 2. The molecule has 1 heterocycles. The molecule has 1 N–H and O–H groups in total. The summed E-state index contributed by atoms with van der Waals surface area (Å²) in [7, 11) is -2.98. The maximum absolute atomic E-state index is 14.4. The van der Waals surface area contributed by atoms with E-state index in [1.807, 2.05) is 30.3 Å². The Kier molecular flexibility index (Phi) is 10.4. The molecule has 46 heavy (non-hydrogen) atoms. The summed E-state index contributed by atoms with van der Waals surface area (Å²) in [6.07, 6.45) is 0.138. The van der Waals surface area contributed by atoms with Gasteiger partial charge in [0.25, 0.3) is 10.0 Å². The molecular formula is C33H30Cl2FN3O6S. The van der Waals surface area contributed by atoms with E-state index in [9.17, 15) is 22.4 Å². The quantitative estimate of drug-likeness (QED) is 0.224. The zero-order valence-corrected chi connectivity index (χ0v) is 27.0. The molecule has 0 fully saturated rings. The number of hydrogen-bond donors (Lipinski definition) is 1. The van der Waals surface area contributed by atoms with E-state index in [-0.39, 0.29) is 40.9 Å². The van der Waals surface area contributed by atoms with Gasteiger partial charge in [0, 0.05) is 26.1 Å². The summed E-state index contributed by atoms with van der Waals surface area (Å²) >= 11 is 12.4. The van der Waals surface area contributed by atoms with Crippen LogP contribution in [0.3, 0.4) is 0 Å². The van der Waals surface area contributed by atoms with Gasteiger partial charge in [-0.25, -0.2) is 12.8 Å². The average Bonchev–Trinajstić information content (AvgIpc) is 3.07. The van der Waals surface area contributed by atoms with E-state index >= 15 is 0 Å². The van der Waals surface area contributed by atoms with Crippen LogP contribution in [0, 0.1) is 5.82 Å². The standard InChI is InChI=1S/C33H30Cl2FN3O6S/c1-37-33(41)29(18-22-5-3-2-4-6-22)38(20-23-7-13-27(34)28(35)17-23)32(40)21-39(25-10-8-24(36)9-11-25)46(42,43)26-12-14-30-31(19-26)45-16-15-44-30/h2-14,17,19,29H,15-16,18,20-21H2,1H3,(H,37,41)/t29-/m0/s1. The number of anilines is 1. The first-order valence-electron chi connectivity index (χ1n) is 14.2. The zero-order chi connectivity index (χ0) is 32.8. The van der Waals surface area contributed by atoms with Gasteiger partial charge in [0.15, 0.2) is 11.5 Å². The van der Waals surface area contributed by atoms with Crippen LogP contribution in [-0.2, 0) is 32.6 Å². The van der Waals surface area contributed by atoms with Crippen LogP contribution in [0.4, 0.5) is 10.1 Å². The van der Waals surface area contributed by atoms with Gasteiger partial charge in [-0.3, -0.25) is 13.9 Å². The Bertz CT molecular complexity index is 1830. The molecule has 0 spiro atoms. The Hall–Kier alpha value is -4.32. The fourth-order valence-corrected chi connectivity index (χ4v) is 6.75. The number of halogens is 3. The summed E-state index contributed by atoms with van der Waals surface area (Å²) in [5.41, 5.74) is 1.38. The third kappa shape index (κ3) is 7.55. The fraction of sp³-hybridized carbons (Fsp3) is 0.212. The van der Waals surface area contributed by atoms with Crippen molar-refractivity contribution in [3.8, 4) is 11.5 Å². The molecule has 2 amide bonds. The SMILES string of the molecule is CNC(=O)[C@H](Cc1ccccc1)N(Cc1ccc(Cl)c(Cl)c1)C(=O)CN(c1ccc(F)cc1)S(=O)(=O)c1ccc2c(c1)OCCO2. The van der Waals surface area contributed by atoms with Gasteiger partial charge < -0.3 is 19.7 Å². The van der Waals surface area contributed by atoms with E-state index < -0.39 is 40.2 Å². The van der Waals surface area contributed by atoms with E-state index in [2.05, 4.69) is 5.32 Å². The molecule has 4 aromatic carbocycles. The van der Waals surface area contributed by atoms with Crippen LogP contribution in [0.1, 0.15) is 11.1 Å². The maximum Gasteiger partial charge on any atom is 0.264 e. The molecule has 1 atom stereocenters. The summed E-state index contributed by atoms with van der Waals surface area (Å²) < 4.78 is 54.4. The minimum absolute atomic E-state index is 0.0404. The monoisotopic (exact) mass is 685 g/mol. The molecule has 1 aliphatic heterocycles. The molecule has 0 saturated carbocycles. The van der Waals surface area contributed by atoms with Crippen LogP contribution in [0.2, 0.25) is 10.0 Å². The lowest BCUT2D eigenvalue weighted by Gasteiger charge is -2.33. The van der Waals surface area contributed by atoms with Crippen LogP contribution in [0.25, 0.3) is 0 Å². The average molecular weight is 687 g/mol. The molecule has 0 aliphatic carbocycles. The highest BCUT2D eigenvalue weighted by Crippen LogP contribution is 2.34. The van der Waals surface area contributed by atoms with E-state index in [1.165, 1.54) is 42.3 Å². The Morgan fingerprint density at radius 2 is 1.57 bits per heavy atom. The summed E-state index contributed by atoms with van der Waals surface area (Å²) in [6.45, 7) is -0.254. The molecule has 0 unspecified atom stereocenters. The molecule has 9 nitrogen and oxygen atoms in total. The minimum atomic E-state index is -4.44. The molecule has 240 valence electrons. The van der Waals surface area contributed by atoms with Gasteiger partial charge in [0.2, 0.25) is 11.8 Å². The fourth-order valence-electron chi connectivity index (χ4n) is 5.00. The largest absolute Gasteiger partial charge is 0.486 e. The number of likely N-dealkylation sites (N-methyl/N-ethyl adjacent to an activating group) is 1. The highest BCUT2D eigenvalue weighted by Gasteiger charge is 2.35. The number of rotatable bonds is 11. The van der Waals surface area contributed by atoms with Gasteiger partial charge in [0.1, 0.15) is 31.6 Å². The molecule has 0 aromatic heterocycles. The highest BCUT2D eigenvalue weighted by atomic mass is 35.5. The van der Waals surface area contributed by atoms with Gasteiger partial charge in [-0.05, 0) is 59.7 Å². The van der Waals surface area contributed by atoms with E-state index in [0.29, 0.717) is 22.9 Å². The van der Waals surface area contributed by atoms with Gasteiger partial charge in [0.05, 0.1) is 20.6 Å². The lowest BCUT2D eigenvalue weighted by molar-refractivity contribution is -0.139. The van der Waals surface area contributed by atoms with Crippen molar-refractivity contribution in [2.24, 2.45) is 0 Å². The lowest BCUT2D eigenvalue weighted by Crippen LogP contribution is -2.53.